The van der Waals surface area contributed by atoms with Gasteiger partial charge >= 0.3 is 0 Å². The Labute approximate surface area is 96.9 Å². The highest BCUT2D eigenvalue weighted by atomic mass is 32.2. The van der Waals surface area contributed by atoms with Crippen LogP contribution in [-0.2, 0) is 5.75 Å². The molecule has 0 saturated carbocycles. The molecule has 0 aliphatic heterocycles. The number of aliphatic hydroxyl groups is 1. The summed E-state index contributed by atoms with van der Waals surface area (Å²) in [5.41, 5.74) is 4.03. The van der Waals surface area contributed by atoms with Gasteiger partial charge in [0.05, 0.1) is 6.10 Å². The van der Waals surface area contributed by atoms with E-state index in [0.717, 1.165) is 5.75 Å². The second-order valence-corrected chi connectivity index (χ2v) is 5.55. The Hall–Kier alpha value is -0.470. The van der Waals surface area contributed by atoms with Crippen LogP contribution in [0.3, 0.4) is 0 Å². The average molecular weight is 224 g/mol. The quantitative estimate of drug-likeness (QED) is 0.846. The Morgan fingerprint density at radius 1 is 1.27 bits per heavy atom. The third kappa shape index (κ3) is 3.88. The van der Waals surface area contributed by atoms with Crippen LogP contribution >= 0.6 is 11.8 Å². The van der Waals surface area contributed by atoms with E-state index in [-0.39, 0.29) is 6.10 Å². The standard InChI is InChI=1S/C13H20OS/c1-9-5-6-10(2)13(7-9)8-15-12(4)11(3)14/h5-7,11-12,14H,8H2,1-4H3. The van der Waals surface area contributed by atoms with Gasteiger partial charge in [0, 0.05) is 11.0 Å². The number of aryl methyl sites for hydroxylation is 2. The summed E-state index contributed by atoms with van der Waals surface area (Å²) in [7, 11) is 0. The molecule has 0 aromatic heterocycles. The zero-order valence-corrected chi connectivity index (χ0v) is 10.8. The predicted octanol–water partition coefficient (Wildman–Crippen LogP) is 3.31. The van der Waals surface area contributed by atoms with Crippen LogP contribution < -0.4 is 0 Å². The van der Waals surface area contributed by atoms with E-state index in [1.54, 1.807) is 0 Å². The van der Waals surface area contributed by atoms with Gasteiger partial charge in [-0.05, 0) is 31.9 Å². The molecule has 1 N–H and O–H groups in total. The van der Waals surface area contributed by atoms with E-state index in [1.165, 1.54) is 16.7 Å². The molecule has 1 rings (SSSR count). The normalized spacial score (nSPS) is 15.0. The Balaban J connectivity index is 2.61. The van der Waals surface area contributed by atoms with Crippen molar-refractivity contribution in [3.8, 4) is 0 Å². The molecule has 0 amide bonds. The lowest BCUT2D eigenvalue weighted by Crippen LogP contribution is -2.15. The molecule has 15 heavy (non-hydrogen) atoms. The van der Waals surface area contributed by atoms with Gasteiger partial charge in [0.1, 0.15) is 0 Å². The molecule has 0 heterocycles. The minimum atomic E-state index is -0.236. The van der Waals surface area contributed by atoms with Crippen LogP contribution in [0.4, 0.5) is 0 Å². The molecule has 0 radical (unpaired) electrons. The Bertz CT molecular complexity index is 320. The lowest BCUT2D eigenvalue weighted by molar-refractivity contribution is 0.196. The van der Waals surface area contributed by atoms with Crippen molar-refractivity contribution >= 4 is 11.8 Å². The second kappa shape index (κ2) is 5.57. The molecule has 0 aliphatic carbocycles. The Morgan fingerprint density at radius 2 is 1.93 bits per heavy atom. The minimum Gasteiger partial charge on any atom is -0.392 e. The molecule has 1 aromatic rings. The predicted molar refractivity (Wildman–Crippen MR) is 68.4 cm³/mol. The molecule has 2 atom stereocenters. The molecule has 1 aromatic carbocycles. The smallest absolute Gasteiger partial charge is 0.0628 e. The molecule has 84 valence electrons. The Kier molecular flexibility index (Phi) is 4.68. The summed E-state index contributed by atoms with van der Waals surface area (Å²) in [4.78, 5) is 0. The summed E-state index contributed by atoms with van der Waals surface area (Å²) >= 11 is 1.81. The largest absolute Gasteiger partial charge is 0.392 e. The number of hydrogen-bond acceptors (Lipinski definition) is 2. The third-order valence-electron chi connectivity index (χ3n) is 2.69. The minimum absolute atomic E-state index is 0.236. The maximum absolute atomic E-state index is 9.40. The maximum atomic E-state index is 9.40. The van der Waals surface area contributed by atoms with E-state index in [9.17, 15) is 5.11 Å². The number of thioether (sulfide) groups is 1. The number of benzene rings is 1. The van der Waals surface area contributed by atoms with Gasteiger partial charge in [-0.15, -0.1) is 0 Å². The number of rotatable bonds is 4. The van der Waals surface area contributed by atoms with Crippen molar-refractivity contribution in [1.29, 1.82) is 0 Å². The summed E-state index contributed by atoms with van der Waals surface area (Å²) < 4.78 is 0. The highest BCUT2D eigenvalue weighted by Crippen LogP contribution is 2.22. The van der Waals surface area contributed by atoms with Gasteiger partial charge in [0.2, 0.25) is 0 Å². The summed E-state index contributed by atoms with van der Waals surface area (Å²) in [6.07, 6.45) is -0.236. The van der Waals surface area contributed by atoms with Crippen molar-refractivity contribution in [2.45, 2.75) is 44.8 Å². The van der Waals surface area contributed by atoms with Gasteiger partial charge in [0.25, 0.3) is 0 Å². The molecule has 0 spiro atoms. The fraction of sp³-hybridized carbons (Fsp3) is 0.538. The molecule has 0 fully saturated rings. The maximum Gasteiger partial charge on any atom is 0.0628 e. The van der Waals surface area contributed by atoms with Crippen LogP contribution in [0.2, 0.25) is 0 Å². The molecule has 2 unspecified atom stereocenters. The summed E-state index contributed by atoms with van der Waals surface area (Å²) in [5.74, 6) is 0.986. The lowest BCUT2D eigenvalue weighted by Gasteiger charge is -2.15. The summed E-state index contributed by atoms with van der Waals surface area (Å²) in [5, 5.41) is 9.70. The molecular formula is C13H20OS. The van der Waals surface area contributed by atoms with Gasteiger partial charge in [-0.1, -0.05) is 30.7 Å². The van der Waals surface area contributed by atoms with E-state index in [2.05, 4.69) is 39.0 Å². The molecule has 2 heteroatoms. The van der Waals surface area contributed by atoms with Gasteiger partial charge in [-0.3, -0.25) is 0 Å². The van der Waals surface area contributed by atoms with Crippen LogP contribution in [0.1, 0.15) is 30.5 Å². The Morgan fingerprint density at radius 3 is 2.53 bits per heavy atom. The fourth-order valence-corrected chi connectivity index (χ4v) is 2.35. The first-order valence-corrected chi connectivity index (χ1v) is 6.41. The molecule has 0 aliphatic rings. The summed E-state index contributed by atoms with van der Waals surface area (Å²) in [6.45, 7) is 8.18. The van der Waals surface area contributed by atoms with Crippen molar-refractivity contribution in [2.24, 2.45) is 0 Å². The molecule has 1 nitrogen and oxygen atoms in total. The van der Waals surface area contributed by atoms with Gasteiger partial charge in [-0.2, -0.15) is 11.8 Å². The van der Waals surface area contributed by atoms with E-state index in [0.29, 0.717) is 5.25 Å². The number of hydrogen-bond donors (Lipinski definition) is 1. The highest BCUT2D eigenvalue weighted by Gasteiger charge is 2.09. The van der Waals surface area contributed by atoms with E-state index >= 15 is 0 Å². The van der Waals surface area contributed by atoms with Crippen LogP contribution in [0.25, 0.3) is 0 Å². The van der Waals surface area contributed by atoms with Crippen LogP contribution in [0, 0.1) is 13.8 Å². The van der Waals surface area contributed by atoms with E-state index < -0.39 is 0 Å². The van der Waals surface area contributed by atoms with Crippen LogP contribution in [0.15, 0.2) is 18.2 Å². The van der Waals surface area contributed by atoms with Gasteiger partial charge in [-0.25, -0.2) is 0 Å². The topological polar surface area (TPSA) is 20.2 Å². The van der Waals surface area contributed by atoms with Crippen molar-refractivity contribution in [1.82, 2.24) is 0 Å². The number of aliphatic hydroxyl groups excluding tert-OH is 1. The first-order chi connectivity index (χ1) is 7.00. The first-order valence-electron chi connectivity index (χ1n) is 5.36. The lowest BCUT2D eigenvalue weighted by atomic mass is 10.1. The highest BCUT2D eigenvalue weighted by molar-refractivity contribution is 7.99. The van der Waals surface area contributed by atoms with Crippen molar-refractivity contribution < 1.29 is 5.11 Å². The van der Waals surface area contributed by atoms with Crippen molar-refractivity contribution in [3.63, 3.8) is 0 Å². The van der Waals surface area contributed by atoms with Crippen molar-refractivity contribution in [3.05, 3.63) is 34.9 Å². The van der Waals surface area contributed by atoms with E-state index in [1.807, 2.05) is 18.7 Å². The molecular weight excluding hydrogens is 204 g/mol. The zero-order chi connectivity index (χ0) is 11.4. The van der Waals surface area contributed by atoms with E-state index in [4.69, 9.17) is 0 Å². The first kappa shape index (κ1) is 12.6. The molecule has 0 bridgehead atoms. The molecule has 0 saturated heterocycles. The monoisotopic (exact) mass is 224 g/mol. The zero-order valence-electron chi connectivity index (χ0n) is 9.95. The van der Waals surface area contributed by atoms with Crippen LogP contribution in [0.5, 0.6) is 0 Å². The van der Waals surface area contributed by atoms with Gasteiger partial charge in [0.15, 0.2) is 0 Å². The SMILES string of the molecule is Cc1ccc(C)c(CSC(C)C(C)O)c1. The summed E-state index contributed by atoms with van der Waals surface area (Å²) in [6, 6.07) is 6.54. The fourth-order valence-electron chi connectivity index (χ4n) is 1.32. The van der Waals surface area contributed by atoms with Gasteiger partial charge < -0.3 is 5.11 Å². The van der Waals surface area contributed by atoms with Crippen LogP contribution in [-0.4, -0.2) is 16.5 Å². The average Bonchev–Trinajstić information content (AvgIpc) is 2.18. The second-order valence-electron chi connectivity index (χ2n) is 4.19. The van der Waals surface area contributed by atoms with Crippen molar-refractivity contribution in [2.75, 3.05) is 0 Å². The third-order valence-corrected chi connectivity index (χ3v) is 4.08.